The van der Waals surface area contributed by atoms with Crippen LogP contribution in [0.3, 0.4) is 0 Å². The van der Waals surface area contributed by atoms with Crippen LogP contribution in [-0.2, 0) is 6.42 Å². The van der Waals surface area contributed by atoms with Gasteiger partial charge < -0.3 is 14.6 Å². The summed E-state index contributed by atoms with van der Waals surface area (Å²) in [6, 6.07) is 3.92. The maximum Gasteiger partial charge on any atom is 0.161 e. The van der Waals surface area contributed by atoms with E-state index in [2.05, 4.69) is 4.90 Å². The lowest BCUT2D eigenvalue weighted by atomic mass is 9.80. The molecule has 128 valence electrons. The van der Waals surface area contributed by atoms with Crippen LogP contribution < -0.4 is 9.47 Å². The van der Waals surface area contributed by atoms with E-state index in [0.717, 1.165) is 24.1 Å². The van der Waals surface area contributed by atoms with Crippen molar-refractivity contribution >= 4 is 0 Å². The first-order valence-electron chi connectivity index (χ1n) is 11.1. The third kappa shape index (κ3) is 3.20. The van der Waals surface area contributed by atoms with E-state index in [0.29, 0.717) is 24.5 Å². The molecular weight excluding hydrogens is 292 g/mol. The van der Waals surface area contributed by atoms with Crippen molar-refractivity contribution in [2.75, 3.05) is 27.3 Å². The second kappa shape index (κ2) is 6.70. The highest BCUT2D eigenvalue weighted by Crippen LogP contribution is 2.43. The summed E-state index contributed by atoms with van der Waals surface area (Å²) in [6.07, 6.45) is 0.428. The first kappa shape index (κ1) is 10.6. The van der Waals surface area contributed by atoms with E-state index < -0.39 is 31.6 Å². The number of fused-ring (bicyclic) bond motifs is 3. The Morgan fingerprint density at radius 1 is 1.30 bits per heavy atom. The quantitative estimate of drug-likeness (QED) is 0.863. The Bertz CT molecular complexity index is 722. The zero-order valence-electron chi connectivity index (χ0n) is 19.7. The van der Waals surface area contributed by atoms with Crippen LogP contribution in [0.1, 0.15) is 51.9 Å². The second-order valence-electron chi connectivity index (χ2n) is 6.52. The van der Waals surface area contributed by atoms with Crippen molar-refractivity contribution in [2.45, 2.75) is 45.1 Å². The Morgan fingerprint density at radius 2 is 2.04 bits per heavy atom. The largest absolute Gasteiger partial charge is 0.493 e. The molecule has 2 aliphatic rings. The fourth-order valence-corrected chi connectivity index (χ4v) is 3.95. The van der Waals surface area contributed by atoms with Gasteiger partial charge in [-0.2, -0.15) is 0 Å². The number of hydrogen-bond acceptors (Lipinski definition) is 4. The van der Waals surface area contributed by atoms with Crippen molar-refractivity contribution in [3.8, 4) is 11.5 Å². The molecule has 0 spiro atoms. The zero-order valence-corrected chi connectivity index (χ0v) is 13.7. The molecule has 2 heterocycles. The summed E-state index contributed by atoms with van der Waals surface area (Å²) in [5.74, 6) is -0.520. The van der Waals surface area contributed by atoms with E-state index >= 15 is 0 Å². The first-order valence-corrected chi connectivity index (χ1v) is 8.12. The van der Waals surface area contributed by atoms with E-state index in [1.807, 2.05) is 12.1 Å². The van der Waals surface area contributed by atoms with Gasteiger partial charge in [0, 0.05) is 27.4 Å². The van der Waals surface area contributed by atoms with Crippen molar-refractivity contribution in [1.82, 2.24) is 4.90 Å². The third-order valence-corrected chi connectivity index (χ3v) is 5.13. The Kier molecular flexibility index (Phi) is 3.08. The predicted octanol–water partition coefficient (Wildman–Crippen LogP) is 3.03. The van der Waals surface area contributed by atoms with Gasteiger partial charge in [0.05, 0.1) is 20.3 Å². The predicted molar refractivity (Wildman–Crippen MR) is 91.1 cm³/mol. The van der Waals surface area contributed by atoms with E-state index in [4.69, 9.17) is 17.7 Å². The third-order valence-electron chi connectivity index (χ3n) is 5.13. The van der Waals surface area contributed by atoms with Crippen molar-refractivity contribution in [3.63, 3.8) is 0 Å². The molecule has 3 atom stereocenters. The molecule has 3 rings (SSSR count). The smallest absolute Gasteiger partial charge is 0.161 e. The molecule has 1 fully saturated rings. The molecule has 0 bridgehead atoms. The molecule has 0 unspecified atom stereocenters. The minimum atomic E-state index is -2.58. The average molecular weight is 327 g/mol. The Morgan fingerprint density at radius 3 is 2.74 bits per heavy atom. The second-order valence-corrected chi connectivity index (χ2v) is 6.52. The minimum absolute atomic E-state index is 0.0104. The van der Waals surface area contributed by atoms with Crippen LogP contribution in [-0.4, -0.2) is 43.4 Å². The van der Waals surface area contributed by atoms with Crippen LogP contribution >= 0.6 is 0 Å². The number of aliphatic hydroxyl groups excluding tert-OH is 1. The molecule has 1 N–H and O–H groups in total. The van der Waals surface area contributed by atoms with Gasteiger partial charge in [-0.3, -0.25) is 4.90 Å². The van der Waals surface area contributed by atoms with Crippen LogP contribution in [0.25, 0.3) is 0 Å². The van der Waals surface area contributed by atoms with E-state index in [-0.39, 0.29) is 12.5 Å². The van der Waals surface area contributed by atoms with Gasteiger partial charge in [-0.25, -0.2) is 0 Å². The van der Waals surface area contributed by atoms with Crippen LogP contribution in [0.2, 0.25) is 0 Å². The maximum atomic E-state index is 10.8. The molecule has 4 heteroatoms. The summed E-state index contributed by atoms with van der Waals surface area (Å²) in [6.45, 7) is -3.93. The molecular formula is C19H29NO3. The summed E-state index contributed by atoms with van der Waals surface area (Å²) in [7, 11) is 3.18. The number of ether oxygens (including phenoxy) is 2. The van der Waals surface area contributed by atoms with Gasteiger partial charge in [-0.1, -0.05) is 13.7 Å². The topological polar surface area (TPSA) is 41.9 Å². The Balaban J connectivity index is 1.82. The van der Waals surface area contributed by atoms with Gasteiger partial charge in [0.25, 0.3) is 0 Å². The molecule has 0 saturated carbocycles. The van der Waals surface area contributed by atoms with Crippen molar-refractivity contribution in [1.29, 1.82) is 0 Å². The summed E-state index contributed by atoms with van der Waals surface area (Å²) < 4.78 is 56.7. The lowest BCUT2D eigenvalue weighted by Crippen LogP contribution is -2.48. The number of nitrogens with zero attached hydrogens (tertiary/aromatic N) is 1. The molecule has 2 aliphatic heterocycles. The van der Waals surface area contributed by atoms with Crippen LogP contribution in [0.5, 0.6) is 11.5 Å². The molecule has 23 heavy (non-hydrogen) atoms. The lowest BCUT2D eigenvalue weighted by molar-refractivity contribution is -0.0191. The van der Waals surface area contributed by atoms with Crippen LogP contribution in [0, 0.1) is 11.8 Å². The van der Waals surface area contributed by atoms with Gasteiger partial charge in [0.1, 0.15) is 0 Å². The van der Waals surface area contributed by atoms with Crippen molar-refractivity contribution in [2.24, 2.45) is 11.8 Å². The molecule has 0 aromatic heterocycles. The van der Waals surface area contributed by atoms with Gasteiger partial charge in [0.2, 0.25) is 0 Å². The summed E-state index contributed by atoms with van der Waals surface area (Å²) in [4.78, 5) is 2.22. The molecule has 1 aromatic carbocycles. The standard InChI is InChI=1S/C19H29NO3/c1-12(2)7-14-11-20-6-5-13-8-18(22-3)19(23-4)9-15(13)16(20)10-17(14)21/h8-9,12,14,16-17,21H,5-7,10-11H2,1-4H3/t14-,16-,17+/m0/s1/i1+1D3,2+1D3. The number of aliphatic hydroxyl groups is 1. The first-order chi connectivity index (χ1) is 13.5. The molecule has 0 aliphatic carbocycles. The molecule has 1 saturated heterocycles. The number of methoxy groups -OCH3 is 2. The molecule has 0 radical (unpaired) electrons. The SMILES string of the molecule is [2H][13C]([2H])([2H])C(C[C@H]1CN2CCc3cc(OC)c(OC)cc3[C@@H]2C[C@H]1O)[13C]([2H])([2H])[2H]. The monoisotopic (exact) mass is 327 g/mol. The Labute approximate surface area is 147 Å². The normalized spacial score (nSPS) is 32.4. The number of benzene rings is 1. The molecule has 4 nitrogen and oxygen atoms in total. The zero-order chi connectivity index (χ0) is 21.6. The van der Waals surface area contributed by atoms with Gasteiger partial charge >= 0.3 is 0 Å². The molecule has 1 aromatic rings. The van der Waals surface area contributed by atoms with Gasteiger partial charge in [-0.15, -0.1) is 0 Å². The van der Waals surface area contributed by atoms with Crippen molar-refractivity contribution in [3.05, 3.63) is 23.3 Å². The number of piperidine rings is 1. The van der Waals surface area contributed by atoms with E-state index in [9.17, 15) is 5.11 Å². The maximum absolute atomic E-state index is 10.8. The fraction of sp³-hybridized carbons (Fsp3) is 0.684. The van der Waals surface area contributed by atoms with E-state index in [1.165, 1.54) is 0 Å². The van der Waals surface area contributed by atoms with Crippen molar-refractivity contribution < 1.29 is 22.8 Å². The van der Waals surface area contributed by atoms with Gasteiger partial charge in [-0.05, 0) is 54.4 Å². The van der Waals surface area contributed by atoms with E-state index in [1.54, 1.807) is 14.2 Å². The highest BCUT2D eigenvalue weighted by atomic mass is 16.5. The Hall–Kier alpha value is -1.26. The molecule has 0 amide bonds. The lowest BCUT2D eigenvalue weighted by Gasteiger charge is -2.46. The number of hydrogen-bond donors (Lipinski definition) is 1. The van der Waals surface area contributed by atoms with Gasteiger partial charge in [0.15, 0.2) is 11.5 Å². The summed E-state index contributed by atoms with van der Waals surface area (Å²) >= 11 is 0. The summed E-state index contributed by atoms with van der Waals surface area (Å²) in [5, 5.41) is 10.8. The average Bonchev–Trinajstić information content (AvgIpc) is 2.63. The highest BCUT2D eigenvalue weighted by molar-refractivity contribution is 5.49. The number of rotatable bonds is 4. The summed E-state index contributed by atoms with van der Waals surface area (Å²) in [5.41, 5.74) is 2.23. The highest BCUT2D eigenvalue weighted by Gasteiger charge is 2.38. The van der Waals surface area contributed by atoms with Crippen LogP contribution in [0.4, 0.5) is 0 Å². The van der Waals surface area contributed by atoms with Crippen LogP contribution in [0.15, 0.2) is 12.1 Å². The fourth-order valence-electron chi connectivity index (χ4n) is 3.95. The minimum Gasteiger partial charge on any atom is -0.493 e.